The Hall–Kier alpha value is -1.94. The van der Waals surface area contributed by atoms with Crippen molar-refractivity contribution < 1.29 is 22.5 Å². The smallest absolute Gasteiger partial charge is 0.297 e. The summed E-state index contributed by atoms with van der Waals surface area (Å²) in [7, 11) is -3.81. The molecular formula is C30H38O5S. The molecule has 4 aliphatic carbocycles. The van der Waals surface area contributed by atoms with Crippen molar-refractivity contribution in [3.63, 3.8) is 0 Å². The molecular weight excluding hydrogens is 472 g/mol. The zero-order chi connectivity index (χ0) is 25.8. The van der Waals surface area contributed by atoms with Gasteiger partial charge in [-0.15, -0.1) is 0 Å². The monoisotopic (exact) mass is 510 g/mol. The van der Waals surface area contributed by atoms with E-state index in [-0.39, 0.29) is 34.5 Å². The molecule has 0 aliphatic heterocycles. The summed E-state index contributed by atoms with van der Waals surface area (Å²) in [6.07, 6.45) is 9.49. The third-order valence-corrected chi connectivity index (χ3v) is 11.5. The van der Waals surface area contributed by atoms with Gasteiger partial charge in [-0.2, -0.15) is 8.42 Å². The number of fused-ring (bicyclic) bond motifs is 5. The van der Waals surface area contributed by atoms with Crippen molar-refractivity contribution in [3.05, 3.63) is 41.5 Å². The van der Waals surface area contributed by atoms with Crippen molar-refractivity contribution in [2.75, 3.05) is 6.61 Å². The van der Waals surface area contributed by atoms with E-state index in [1.165, 1.54) is 5.57 Å². The van der Waals surface area contributed by atoms with Crippen molar-refractivity contribution >= 4 is 15.9 Å². The van der Waals surface area contributed by atoms with E-state index in [1.807, 2.05) is 13.0 Å². The van der Waals surface area contributed by atoms with Gasteiger partial charge >= 0.3 is 0 Å². The van der Waals surface area contributed by atoms with Crippen LogP contribution in [0.5, 0.6) is 0 Å². The molecule has 0 heterocycles. The van der Waals surface area contributed by atoms with Crippen LogP contribution in [-0.4, -0.2) is 31.5 Å². The van der Waals surface area contributed by atoms with Crippen LogP contribution in [0, 0.1) is 47.3 Å². The SMILES string of the molecule is Cc1ccc(S(=O)(=O)OCCC#C[C@]2(O)CC[C@H]3[C@@H]4CCC5=CC(=O)CC[C@]5(C)[C@H]4CC[C@@]32C)cc1. The second-order valence-corrected chi connectivity index (χ2v) is 13.6. The van der Waals surface area contributed by atoms with E-state index in [9.17, 15) is 18.3 Å². The van der Waals surface area contributed by atoms with Gasteiger partial charge in [0, 0.05) is 18.3 Å². The Labute approximate surface area is 215 Å². The maximum atomic E-state index is 12.4. The van der Waals surface area contributed by atoms with E-state index in [4.69, 9.17) is 4.18 Å². The number of hydrogen-bond donors (Lipinski definition) is 1. The normalized spacial score (nSPS) is 37.7. The van der Waals surface area contributed by atoms with Gasteiger partial charge in [-0.1, -0.05) is 49.0 Å². The third-order valence-electron chi connectivity index (χ3n) is 10.2. The molecule has 3 saturated carbocycles. The summed E-state index contributed by atoms with van der Waals surface area (Å²) < 4.78 is 30.0. The number of hydrogen-bond acceptors (Lipinski definition) is 5. The van der Waals surface area contributed by atoms with Crippen LogP contribution in [0.25, 0.3) is 0 Å². The Morgan fingerprint density at radius 3 is 2.50 bits per heavy atom. The lowest BCUT2D eigenvalue weighted by Gasteiger charge is -2.58. The maximum absolute atomic E-state index is 12.4. The second kappa shape index (κ2) is 9.11. The Kier molecular flexibility index (Phi) is 6.51. The highest BCUT2D eigenvalue weighted by Gasteiger charge is 2.63. The van der Waals surface area contributed by atoms with E-state index in [1.54, 1.807) is 24.3 Å². The molecule has 4 aliphatic rings. The zero-order valence-electron chi connectivity index (χ0n) is 21.7. The van der Waals surface area contributed by atoms with Crippen LogP contribution in [-0.2, 0) is 19.1 Å². The third kappa shape index (κ3) is 4.18. The topological polar surface area (TPSA) is 80.7 Å². The van der Waals surface area contributed by atoms with E-state index in [2.05, 4.69) is 25.7 Å². The molecule has 0 aromatic heterocycles. The fourth-order valence-electron chi connectivity index (χ4n) is 7.96. The predicted molar refractivity (Wildman–Crippen MR) is 138 cm³/mol. The van der Waals surface area contributed by atoms with Crippen LogP contribution in [0.4, 0.5) is 0 Å². The molecule has 5 rings (SSSR count). The number of carbonyl (C=O) groups excluding carboxylic acids is 1. The number of rotatable bonds is 4. The molecule has 0 amide bonds. The van der Waals surface area contributed by atoms with E-state index >= 15 is 0 Å². The maximum Gasteiger partial charge on any atom is 0.297 e. The summed E-state index contributed by atoms with van der Waals surface area (Å²) in [5, 5.41) is 11.7. The van der Waals surface area contributed by atoms with Gasteiger partial charge in [-0.05, 0) is 93.2 Å². The molecule has 1 aromatic rings. The van der Waals surface area contributed by atoms with Gasteiger partial charge < -0.3 is 5.11 Å². The Morgan fingerprint density at radius 2 is 1.75 bits per heavy atom. The minimum absolute atomic E-state index is 0.0314. The van der Waals surface area contributed by atoms with Crippen molar-refractivity contribution in [2.24, 2.45) is 28.6 Å². The molecule has 6 heteroatoms. The van der Waals surface area contributed by atoms with Crippen LogP contribution in [0.2, 0.25) is 0 Å². The second-order valence-electron chi connectivity index (χ2n) is 12.0. The number of benzene rings is 1. The van der Waals surface area contributed by atoms with Crippen molar-refractivity contribution in [2.45, 2.75) is 89.1 Å². The zero-order valence-corrected chi connectivity index (χ0v) is 22.5. The molecule has 3 fully saturated rings. The van der Waals surface area contributed by atoms with Gasteiger partial charge in [-0.25, -0.2) is 0 Å². The van der Waals surface area contributed by atoms with Gasteiger partial charge in [-0.3, -0.25) is 8.98 Å². The van der Waals surface area contributed by atoms with Gasteiger partial charge in [0.15, 0.2) is 5.78 Å². The quantitative estimate of drug-likeness (QED) is 0.335. The summed E-state index contributed by atoms with van der Waals surface area (Å²) in [6, 6.07) is 6.58. The minimum atomic E-state index is -3.81. The Morgan fingerprint density at radius 1 is 1.03 bits per heavy atom. The summed E-state index contributed by atoms with van der Waals surface area (Å²) in [4.78, 5) is 12.2. The molecule has 194 valence electrons. The lowest BCUT2D eigenvalue weighted by atomic mass is 9.46. The lowest BCUT2D eigenvalue weighted by Crippen LogP contribution is -2.54. The molecule has 0 spiro atoms. The highest BCUT2D eigenvalue weighted by Crippen LogP contribution is 2.67. The van der Waals surface area contributed by atoms with Gasteiger partial charge in [0.25, 0.3) is 10.1 Å². The number of aliphatic hydroxyl groups is 1. The lowest BCUT2D eigenvalue weighted by molar-refractivity contribution is -0.119. The van der Waals surface area contributed by atoms with Gasteiger partial charge in [0.1, 0.15) is 5.60 Å². The van der Waals surface area contributed by atoms with Crippen LogP contribution >= 0.6 is 0 Å². The highest BCUT2D eigenvalue weighted by atomic mass is 32.2. The van der Waals surface area contributed by atoms with E-state index in [0.29, 0.717) is 30.6 Å². The van der Waals surface area contributed by atoms with Crippen molar-refractivity contribution in [3.8, 4) is 11.8 Å². The predicted octanol–water partition coefficient (Wildman–Crippen LogP) is 5.36. The molecule has 1 aromatic carbocycles. The first-order valence-corrected chi connectivity index (χ1v) is 14.8. The molecule has 6 atom stereocenters. The number of carbonyl (C=O) groups is 1. The Balaban J connectivity index is 1.25. The standard InChI is InChI=1S/C30H38O5S/c1-21-6-9-24(10-7-21)36(33,34)35-19-5-4-15-30(32)18-14-27-25-11-8-22-20-23(31)12-16-28(22,2)26(25)13-17-29(27,30)3/h6-7,9-10,20,25-27,32H,5,8,11-14,16-19H2,1-3H3/t25-,26+,27+,28+,29+,30+/m1/s1. The minimum Gasteiger partial charge on any atom is -0.377 e. The van der Waals surface area contributed by atoms with Crippen LogP contribution in [0.3, 0.4) is 0 Å². The number of allylic oxidation sites excluding steroid dienone is 1. The first kappa shape index (κ1) is 25.7. The molecule has 1 N–H and O–H groups in total. The average molecular weight is 511 g/mol. The number of aryl methyl sites for hydroxylation is 1. The first-order chi connectivity index (χ1) is 17.0. The molecule has 0 bridgehead atoms. The summed E-state index contributed by atoms with van der Waals surface area (Å²) in [5.74, 6) is 8.05. The van der Waals surface area contributed by atoms with Crippen LogP contribution < -0.4 is 0 Å². The highest BCUT2D eigenvalue weighted by molar-refractivity contribution is 7.86. The fourth-order valence-corrected chi connectivity index (χ4v) is 8.87. The fraction of sp³-hybridized carbons (Fsp3) is 0.633. The summed E-state index contributed by atoms with van der Waals surface area (Å²) in [6.45, 7) is 6.46. The average Bonchev–Trinajstić information content (AvgIpc) is 3.10. The Bertz CT molecular complexity index is 1240. The van der Waals surface area contributed by atoms with Crippen molar-refractivity contribution in [1.29, 1.82) is 0 Å². The van der Waals surface area contributed by atoms with E-state index in [0.717, 1.165) is 44.1 Å². The molecule has 0 radical (unpaired) electrons. The molecule has 5 nitrogen and oxygen atoms in total. The van der Waals surface area contributed by atoms with Crippen LogP contribution in [0.15, 0.2) is 40.8 Å². The molecule has 0 saturated heterocycles. The molecule has 0 unspecified atom stereocenters. The van der Waals surface area contributed by atoms with Gasteiger partial charge in [0.05, 0.1) is 11.5 Å². The van der Waals surface area contributed by atoms with Gasteiger partial charge in [0.2, 0.25) is 0 Å². The van der Waals surface area contributed by atoms with E-state index < -0.39 is 15.7 Å². The first-order valence-electron chi connectivity index (χ1n) is 13.4. The molecule has 36 heavy (non-hydrogen) atoms. The summed E-state index contributed by atoms with van der Waals surface area (Å²) in [5.41, 5.74) is 1.14. The summed E-state index contributed by atoms with van der Waals surface area (Å²) >= 11 is 0. The van der Waals surface area contributed by atoms with Crippen LogP contribution in [0.1, 0.15) is 77.2 Å². The largest absolute Gasteiger partial charge is 0.377 e. The van der Waals surface area contributed by atoms with Crippen molar-refractivity contribution in [1.82, 2.24) is 0 Å². The number of ketones is 1.